The number of rotatable bonds is 5. The van der Waals surface area contributed by atoms with Crippen LogP contribution in [-0.2, 0) is 14.3 Å². The molecule has 0 unspecified atom stereocenters. The molecule has 0 radical (unpaired) electrons. The van der Waals surface area contributed by atoms with Crippen LogP contribution in [0.5, 0.6) is 11.5 Å². The van der Waals surface area contributed by atoms with Crippen molar-refractivity contribution in [3.8, 4) is 11.5 Å². The molecule has 4 atom stereocenters. The fourth-order valence-corrected chi connectivity index (χ4v) is 2.87. The van der Waals surface area contributed by atoms with E-state index in [2.05, 4.69) is 0 Å². The molecule has 0 spiro atoms. The molecule has 26 heavy (non-hydrogen) atoms. The summed E-state index contributed by atoms with van der Waals surface area (Å²) in [6, 6.07) is 4.56. The Bertz CT molecular complexity index is 713. The summed E-state index contributed by atoms with van der Waals surface area (Å²) in [5.74, 6) is -2.52. The van der Waals surface area contributed by atoms with Gasteiger partial charge in [0.1, 0.15) is 6.10 Å². The minimum Gasteiger partial charge on any atom is -0.504 e. The van der Waals surface area contributed by atoms with Crippen LogP contribution in [0.15, 0.2) is 24.3 Å². The lowest BCUT2D eigenvalue weighted by molar-refractivity contribution is -0.185. The van der Waals surface area contributed by atoms with Gasteiger partial charge in [0.2, 0.25) is 0 Å². The molecule has 1 aliphatic rings. The number of carbonyl (C=O) groups excluding carboxylic acids is 1. The maximum absolute atomic E-state index is 12.0. The Morgan fingerprint density at radius 1 is 1.31 bits per heavy atom. The van der Waals surface area contributed by atoms with Crippen LogP contribution in [0.1, 0.15) is 25.3 Å². The molecule has 8 heteroatoms. The molecule has 1 fully saturated rings. The van der Waals surface area contributed by atoms with E-state index in [0.717, 1.165) is 6.08 Å². The van der Waals surface area contributed by atoms with Crippen LogP contribution in [-0.4, -0.2) is 57.3 Å². The lowest BCUT2D eigenvalue weighted by Gasteiger charge is -2.40. The zero-order valence-electron chi connectivity index (χ0n) is 14.5. The van der Waals surface area contributed by atoms with E-state index in [9.17, 15) is 24.9 Å². The third kappa shape index (κ3) is 4.33. The third-order valence-electron chi connectivity index (χ3n) is 4.56. The predicted octanol–water partition coefficient (Wildman–Crippen LogP) is 0.932. The number of carboxylic acids is 1. The molecular weight excluding hydrogens is 344 g/mol. The summed E-state index contributed by atoms with van der Waals surface area (Å²) in [4.78, 5) is 23.2. The van der Waals surface area contributed by atoms with Crippen LogP contribution < -0.4 is 4.74 Å². The summed E-state index contributed by atoms with van der Waals surface area (Å²) in [6.45, 7) is 1.62. The maximum Gasteiger partial charge on any atom is 0.335 e. The number of aromatic hydroxyl groups is 1. The summed E-state index contributed by atoms with van der Waals surface area (Å²) in [5.41, 5.74) is -1.61. The van der Waals surface area contributed by atoms with E-state index in [4.69, 9.17) is 14.6 Å². The minimum atomic E-state index is -2.14. The van der Waals surface area contributed by atoms with Gasteiger partial charge in [-0.2, -0.15) is 0 Å². The standard InChI is InChI=1S/C18H22O8/c1-10-13(20)8-18(24,17(22)23)9-15(10)26-16(21)6-4-11-3-5-14(25-2)12(19)7-11/h3-7,10,13,15,19-20,24H,8-9H2,1-2H3,(H,22,23)/b6-4+/t10-,13-,15-,18+/m1/s1. The molecule has 0 amide bonds. The van der Waals surface area contributed by atoms with Gasteiger partial charge in [-0.25, -0.2) is 9.59 Å². The summed E-state index contributed by atoms with van der Waals surface area (Å²) in [5, 5.41) is 38.9. The van der Waals surface area contributed by atoms with Crippen molar-refractivity contribution in [1.82, 2.24) is 0 Å². The summed E-state index contributed by atoms with van der Waals surface area (Å²) in [6.07, 6.45) is -0.141. The zero-order chi connectivity index (χ0) is 19.5. The van der Waals surface area contributed by atoms with E-state index < -0.39 is 35.7 Å². The third-order valence-corrected chi connectivity index (χ3v) is 4.56. The van der Waals surface area contributed by atoms with E-state index >= 15 is 0 Å². The molecule has 2 rings (SSSR count). The summed E-state index contributed by atoms with van der Waals surface area (Å²) in [7, 11) is 1.42. The van der Waals surface area contributed by atoms with Crippen LogP contribution in [0.25, 0.3) is 6.08 Å². The number of carboxylic acid groups (broad SMARTS) is 1. The number of benzene rings is 1. The topological polar surface area (TPSA) is 134 Å². The monoisotopic (exact) mass is 366 g/mol. The van der Waals surface area contributed by atoms with Gasteiger partial charge in [0.15, 0.2) is 17.1 Å². The predicted molar refractivity (Wildman–Crippen MR) is 90.6 cm³/mol. The Morgan fingerprint density at radius 3 is 2.58 bits per heavy atom. The second-order valence-corrected chi connectivity index (χ2v) is 6.41. The first-order valence-corrected chi connectivity index (χ1v) is 8.06. The summed E-state index contributed by atoms with van der Waals surface area (Å²) < 4.78 is 10.1. The Morgan fingerprint density at radius 2 is 2.00 bits per heavy atom. The van der Waals surface area contributed by atoms with E-state index in [0.29, 0.717) is 11.3 Å². The molecule has 8 nitrogen and oxygen atoms in total. The first-order valence-electron chi connectivity index (χ1n) is 8.06. The highest BCUT2D eigenvalue weighted by atomic mass is 16.5. The molecule has 142 valence electrons. The average molecular weight is 366 g/mol. The highest BCUT2D eigenvalue weighted by molar-refractivity contribution is 5.87. The number of carbonyl (C=O) groups is 2. The van der Waals surface area contributed by atoms with Crippen LogP contribution in [0.2, 0.25) is 0 Å². The smallest absolute Gasteiger partial charge is 0.335 e. The van der Waals surface area contributed by atoms with Crippen molar-refractivity contribution in [1.29, 1.82) is 0 Å². The van der Waals surface area contributed by atoms with Gasteiger partial charge in [0.05, 0.1) is 13.2 Å². The van der Waals surface area contributed by atoms with Crippen molar-refractivity contribution in [2.24, 2.45) is 5.92 Å². The Hall–Kier alpha value is -2.58. The average Bonchev–Trinajstić information content (AvgIpc) is 2.57. The van der Waals surface area contributed by atoms with Crippen molar-refractivity contribution in [2.75, 3.05) is 7.11 Å². The number of aliphatic hydroxyl groups is 2. The molecule has 0 saturated heterocycles. The Kier molecular flexibility index (Phi) is 5.89. The van der Waals surface area contributed by atoms with Crippen LogP contribution >= 0.6 is 0 Å². The van der Waals surface area contributed by atoms with E-state index in [1.165, 1.54) is 25.3 Å². The van der Waals surface area contributed by atoms with Crippen molar-refractivity contribution in [2.45, 2.75) is 37.6 Å². The molecule has 1 aromatic carbocycles. The molecule has 0 bridgehead atoms. The fourth-order valence-electron chi connectivity index (χ4n) is 2.87. The second kappa shape index (κ2) is 7.76. The van der Waals surface area contributed by atoms with Crippen LogP contribution in [0, 0.1) is 5.92 Å². The van der Waals surface area contributed by atoms with Gasteiger partial charge in [-0.3, -0.25) is 0 Å². The van der Waals surface area contributed by atoms with Crippen LogP contribution in [0.4, 0.5) is 0 Å². The lowest BCUT2D eigenvalue weighted by atomic mass is 9.75. The van der Waals surface area contributed by atoms with Gasteiger partial charge >= 0.3 is 11.9 Å². The van der Waals surface area contributed by atoms with Crippen molar-refractivity contribution in [3.05, 3.63) is 29.8 Å². The van der Waals surface area contributed by atoms with Gasteiger partial charge in [-0.05, 0) is 23.8 Å². The number of aliphatic carboxylic acids is 1. The normalized spacial score (nSPS) is 28.7. The van der Waals surface area contributed by atoms with Crippen molar-refractivity contribution in [3.63, 3.8) is 0 Å². The quantitative estimate of drug-likeness (QED) is 0.447. The number of aliphatic hydroxyl groups excluding tert-OH is 1. The molecule has 0 aliphatic heterocycles. The number of methoxy groups -OCH3 is 1. The number of phenols is 1. The van der Waals surface area contributed by atoms with E-state index in [1.807, 2.05) is 0 Å². The van der Waals surface area contributed by atoms with Crippen LogP contribution in [0.3, 0.4) is 0 Å². The highest BCUT2D eigenvalue weighted by Gasteiger charge is 2.49. The summed E-state index contributed by atoms with van der Waals surface area (Å²) >= 11 is 0. The van der Waals surface area contributed by atoms with Gasteiger partial charge in [0, 0.05) is 24.8 Å². The first kappa shape index (κ1) is 19.7. The van der Waals surface area contributed by atoms with Gasteiger partial charge < -0.3 is 29.9 Å². The van der Waals surface area contributed by atoms with Crippen molar-refractivity contribution >= 4 is 18.0 Å². The lowest BCUT2D eigenvalue weighted by Crippen LogP contribution is -2.53. The zero-order valence-corrected chi connectivity index (χ0v) is 14.5. The van der Waals surface area contributed by atoms with E-state index in [1.54, 1.807) is 13.0 Å². The largest absolute Gasteiger partial charge is 0.504 e. The minimum absolute atomic E-state index is 0.0847. The molecule has 1 aliphatic carbocycles. The van der Waals surface area contributed by atoms with Gasteiger partial charge in [0.25, 0.3) is 0 Å². The Labute approximate surface area is 150 Å². The van der Waals surface area contributed by atoms with E-state index in [-0.39, 0.29) is 18.6 Å². The fraction of sp³-hybridized carbons (Fsp3) is 0.444. The van der Waals surface area contributed by atoms with Gasteiger partial charge in [-0.15, -0.1) is 0 Å². The Balaban J connectivity index is 2.06. The molecule has 0 aromatic heterocycles. The highest BCUT2D eigenvalue weighted by Crippen LogP contribution is 2.35. The number of hydrogen-bond acceptors (Lipinski definition) is 7. The second-order valence-electron chi connectivity index (χ2n) is 6.41. The first-order chi connectivity index (χ1) is 12.2. The molecule has 1 saturated carbocycles. The van der Waals surface area contributed by atoms with Gasteiger partial charge in [-0.1, -0.05) is 13.0 Å². The maximum atomic E-state index is 12.0. The molecule has 1 aromatic rings. The van der Waals surface area contributed by atoms with Crippen molar-refractivity contribution < 1.29 is 39.5 Å². The molecular formula is C18H22O8. The SMILES string of the molecule is COc1ccc(/C=C/C(=O)O[C@@H]2C[C@](O)(C(=O)O)C[C@@H](O)[C@H]2C)cc1O. The number of esters is 1. The number of phenolic OH excluding ortho intramolecular Hbond substituents is 1. The molecule has 0 heterocycles. The molecule has 4 N–H and O–H groups in total. The number of ether oxygens (including phenoxy) is 2. The number of hydrogen-bond donors (Lipinski definition) is 4.